The predicted octanol–water partition coefficient (Wildman–Crippen LogP) is 3.78. The number of fused-ring (bicyclic) bond motifs is 2. The van der Waals surface area contributed by atoms with Crippen LogP contribution in [0.25, 0.3) is 21.8 Å². The molecule has 7 nitrogen and oxygen atoms in total. The van der Waals surface area contributed by atoms with Crippen molar-refractivity contribution in [3.63, 3.8) is 0 Å². The molecule has 4 heterocycles. The van der Waals surface area contributed by atoms with Gasteiger partial charge in [0.15, 0.2) is 0 Å². The number of aliphatic hydroxyl groups is 1. The largest absolute Gasteiger partial charge is 0.396 e. The number of aromatic nitrogens is 4. The molecular weight excluding hydrogens is 446 g/mol. The Kier molecular flexibility index (Phi) is 5.89. The van der Waals surface area contributed by atoms with E-state index in [0.29, 0.717) is 6.54 Å². The average Bonchev–Trinajstić information content (AvgIpc) is 3.62. The molecule has 176 valence electrons. The Morgan fingerprint density at radius 1 is 1.06 bits per heavy atom. The van der Waals surface area contributed by atoms with Gasteiger partial charge in [0.25, 0.3) is 0 Å². The Hall–Kier alpha value is -2.68. The first-order valence-electron chi connectivity index (χ1n) is 12.2. The van der Waals surface area contributed by atoms with E-state index in [2.05, 4.69) is 21.4 Å². The van der Waals surface area contributed by atoms with Gasteiger partial charge in [-0.05, 0) is 49.1 Å². The third-order valence-corrected chi connectivity index (χ3v) is 8.28. The third kappa shape index (κ3) is 4.04. The van der Waals surface area contributed by atoms with Gasteiger partial charge < -0.3 is 5.11 Å². The van der Waals surface area contributed by atoms with Crippen LogP contribution in [0.15, 0.2) is 53.7 Å². The second-order valence-electron chi connectivity index (χ2n) is 9.36. The number of hydrogen-bond acceptors (Lipinski definition) is 6. The average molecular weight is 476 g/mol. The van der Waals surface area contributed by atoms with Gasteiger partial charge in [-0.3, -0.25) is 19.1 Å². The van der Waals surface area contributed by atoms with Gasteiger partial charge in [-0.1, -0.05) is 36.2 Å². The molecule has 4 aromatic rings. The lowest BCUT2D eigenvalue weighted by atomic mass is 9.99. The summed E-state index contributed by atoms with van der Waals surface area (Å²) < 4.78 is 6.20. The Labute approximate surface area is 202 Å². The summed E-state index contributed by atoms with van der Waals surface area (Å²) >= 11 is 1.95. The van der Waals surface area contributed by atoms with Crippen LogP contribution in [0.1, 0.15) is 43.0 Å². The molecule has 3 aromatic heterocycles. The maximum Gasteiger partial charge on any atom is 0.329 e. The van der Waals surface area contributed by atoms with Crippen molar-refractivity contribution >= 4 is 33.8 Å². The monoisotopic (exact) mass is 475 g/mol. The molecule has 1 N–H and O–H groups in total. The fourth-order valence-electron chi connectivity index (χ4n) is 4.93. The van der Waals surface area contributed by atoms with E-state index in [-0.39, 0.29) is 18.3 Å². The molecular formula is C26H29N5O2S. The Morgan fingerprint density at radius 2 is 1.91 bits per heavy atom. The second kappa shape index (κ2) is 9.17. The van der Waals surface area contributed by atoms with E-state index in [9.17, 15) is 9.90 Å². The Balaban J connectivity index is 1.37. The number of benzene rings is 1. The molecule has 34 heavy (non-hydrogen) atoms. The zero-order valence-electron chi connectivity index (χ0n) is 19.1. The molecule has 1 saturated carbocycles. The molecule has 0 atom stereocenters. The van der Waals surface area contributed by atoms with Crippen LogP contribution < -0.4 is 5.69 Å². The Morgan fingerprint density at radius 3 is 2.74 bits per heavy atom. The standard InChI is InChI=1S/C26H29N5O2S/c32-12-4-3-7-22-21-6-2-1-5-18(21)13-28-23(22)17-30-25-14-27-11-10-24(25)31(26(30)33)19-15-29(16-19)34-20-8-9-20/h1-2,5-6,10-11,13-14,19-20,32H,3-4,7-9,12,15-17H2. The quantitative estimate of drug-likeness (QED) is 0.293. The molecule has 0 amide bonds. The van der Waals surface area contributed by atoms with Gasteiger partial charge >= 0.3 is 5.69 Å². The smallest absolute Gasteiger partial charge is 0.329 e. The van der Waals surface area contributed by atoms with Crippen LogP contribution in [0.2, 0.25) is 0 Å². The van der Waals surface area contributed by atoms with Gasteiger partial charge in [-0.25, -0.2) is 9.10 Å². The molecule has 2 fully saturated rings. The molecule has 1 saturated heterocycles. The summed E-state index contributed by atoms with van der Waals surface area (Å²) in [6.45, 7) is 2.41. The van der Waals surface area contributed by atoms with E-state index in [4.69, 9.17) is 4.98 Å². The number of aryl methyl sites for hydroxylation is 1. The molecule has 0 spiro atoms. The van der Waals surface area contributed by atoms with E-state index in [1.807, 2.05) is 45.5 Å². The number of nitrogens with zero attached hydrogens (tertiary/aromatic N) is 5. The first-order chi connectivity index (χ1) is 16.7. The molecule has 8 heteroatoms. The normalized spacial score (nSPS) is 17.0. The molecule has 6 rings (SSSR count). The molecule has 2 aliphatic rings. The minimum atomic E-state index is 0.0142. The summed E-state index contributed by atoms with van der Waals surface area (Å²) in [6.07, 6.45) is 10.6. The van der Waals surface area contributed by atoms with E-state index in [0.717, 1.165) is 59.7 Å². The highest BCUT2D eigenvalue weighted by Gasteiger charge is 2.36. The van der Waals surface area contributed by atoms with Crippen molar-refractivity contribution in [2.75, 3.05) is 19.7 Å². The van der Waals surface area contributed by atoms with E-state index >= 15 is 0 Å². The maximum absolute atomic E-state index is 13.7. The van der Waals surface area contributed by atoms with Crippen LogP contribution in [-0.4, -0.2) is 53.5 Å². The van der Waals surface area contributed by atoms with Crippen LogP contribution in [-0.2, 0) is 13.0 Å². The lowest BCUT2D eigenvalue weighted by Crippen LogP contribution is -2.47. The predicted molar refractivity (Wildman–Crippen MR) is 136 cm³/mol. The summed E-state index contributed by atoms with van der Waals surface area (Å²) in [5, 5.41) is 12.4. The van der Waals surface area contributed by atoms with Crippen molar-refractivity contribution in [1.82, 2.24) is 23.4 Å². The van der Waals surface area contributed by atoms with Crippen molar-refractivity contribution in [3.05, 3.63) is 70.7 Å². The summed E-state index contributed by atoms with van der Waals surface area (Å²) in [5.74, 6) is 0. The van der Waals surface area contributed by atoms with Gasteiger partial charge in [-0.15, -0.1) is 0 Å². The van der Waals surface area contributed by atoms with Crippen molar-refractivity contribution in [2.45, 2.75) is 49.9 Å². The summed E-state index contributed by atoms with van der Waals surface area (Å²) in [5.41, 5.74) is 3.90. The lowest BCUT2D eigenvalue weighted by Gasteiger charge is -2.38. The number of pyridine rings is 2. The topological polar surface area (TPSA) is 76.2 Å². The van der Waals surface area contributed by atoms with Crippen LogP contribution in [0.4, 0.5) is 0 Å². The van der Waals surface area contributed by atoms with Crippen LogP contribution in [0, 0.1) is 0 Å². The summed E-state index contributed by atoms with van der Waals surface area (Å²) in [6, 6.07) is 10.4. The number of imidazole rings is 1. The zero-order chi connectivity index (χ0) is 23.1. The SMILES string of the molecule is O=c1n(Cc2ncc3ccccc3c2CCCCO)c2cnccc2n1C1CN(SC2CC2)C1. The summed E-state index contributed by atoms with van der Waals surface area (Å²) in [4.78, 5) is 22.9. The highest BCUT2D eigenvalue weighted by Crippen LogP contribution is 2.40. The minimum absolute atomic E-state index is 0.0142. The van der Waals surface area contributed by atoms with Crippen LogP contribution in [0.5, 0.6) is 0 Å². The van der Waals surface area contributed by atoms with Gasteiger partial charge in [0.05, 0.1) is 35.5 Å². The first-order valence-corrected chi connectivity index (χ1v) is 13.0. The highest BCUT2D eigenvalue weighted by atomic mass is 32.2. The molecule has 1 aliphatic heterocycles. The fraction of sp³-hybridized carbons (Fsp3) is 0.423. The van der Waals surface area contributed by atoms with Crippen molar-refractivity contribution in [2.24, 2.45) is 0 Å². The van der Waals surface area contributed by atoms with Gasteiger partial charge in [0.2, 0.25) is 0 Å². The van der Waals surface area contributed by atoms with Crippen LogP contribution >= 0.6 is 11.9 Å². The van der Waals surface area contributed by atoms with E-state index in [1.54, 1.807) is 12.4 Å². The van der Waals surface area contributed by atoms with Crippen molar-refractivity contribution in [3.8, 4) is 0 Å². The van der Waals surface area contributed by atoms with E-state index in [1.165, 1.54) is 23.8 Å². The number of unbranched alkanes of at least 4 members (excludes halogenated alkanes) is 1. The van der Waals surface area contributed by atoms with E-state index < -0.39 is 0 Å². The summed E-state index contributed by atoms with van der Waals surface area (Å²) in [7, 11) is 0. The molecule has 0 unspecified atom stereocenters. The Bertz CT molecular complexity index is 1390. The molecule has 0 radical (unpaired) electrons. The fourth-order valence-corrected chi connectivity index (χ4v) is 6.21. The maximum atomic E-state index is 13.7. The zero-order valence-corrected chi connectivity index (χ0v) is 20.0. The molecule has 1 aliphatic carbocycles. The number of hydrogen-bond donors (Lipinski definition) is 1. The highest BCUT2D eigenvalue weighted by molar-refractivity contribution is 7.97. The number of rotatable bonds is 9. The first kappa shape index (κ1) is 21.8. The molecule has 0 bridgehead atoms. The van der Waals surface area contributed by atoms with Gasteiger partial charge in [0.1, 0.15) is 0 Å². The minimum Gasteiger partial charge on any atom is -0.396 e. The second-order valence-corrected chi connectivity index (χ2v) is 10.8. The lowest BCUT2D eigenvalue weighted by molar-refractivity contribution is 0.222. The van der Waals surface area contributed by atoms with Gasteiger partial charge in [-0.2, -0.15) is 0 Å². The molecule has 1 aromatic carbocycles. The third-order valence-electron chi connectivity index (χ3n) is 6.92. The van der Waals surface area contributed by atoms with Gasteiger partial charge in [0, 0.05) is 42.7 Å². The van der Waals surface area contributed by atoms with Crippen LogP contribution in [0.3, 0.4) is 0 Å². The van der Waals surface area contributed by atoms with Crippen molar-refractivity contribution < 1.29 is 5.11 Å². The number of aliphatic hydroxyl groups excluding tert-OH is 1. The van der Waals surface area contributed by atoms with Crippen molar-refractivity contribution in [1.29, 1.82) is 0 Å².